The number of hydrogen-bond acceptors (Lipinski definition) is 5. The van der Waals surface area contributed by atoms with E-state index in [1.807, 2.05) is 34.5 Å². The van der Waals surface area contributed by atoms with Crippen LogP contribution in [0.2, 0.25) is 0 Å². The summed E-state index contributed by atoms with van der Waals surface area (Å²) < 4.78 is 0. The smallest absolute Gasteiger partial charge is 0.0656 e. The van der Waals surface area contributed by atoms with Gasteiger partial charge in [0.1, 0.15) is 0 Å². The molecule has 0 N–H and O–H groups in total. The van der Waals surface area contributed by atoms with Crippen molar-refractivity contribution < 1.29 is 0 Å². The van der Waals surface area contributed by atoms with E-state index in [0.29, 0.717) is 0 Å². The third-order valence-electron chi connectivity index (χ3n) is 5.39. The van der Waals surface area contributed by atoms with Crippen molar-refractivity contribution in [2.24, 2.45) is 0 Å². The number of benzene rings is 4. The first-order valence-corrected chi connectivity index (χ1v) is 22.0. The minimum Gasteiger partial charge on any atom is -0.148 e. The molecule has 0 aliphatic carbocycles. The van der Waals surface area contributed by atoms with Crippen LogP contribution >= 0.6 is 80.5 Å². The average molecular weight is 591 g/mol. The Morgan fingerprint density at radius 2 is 1.00 bits per heavy atom. The molecule has 0 saturated carbocycles. The van der Waals surface area contributed by atoms with E-state index >= 15 is 0 Å². The maximum atomic E-state index is 5.26. The van der Waals surface area contributed by atoms with E-state index in [4.69, 9.17) is 24.5 Å². The number of thiol groups is 2. The maximum Gasteiger partial charge on any atom is 0.0656 e. The van der Waals surface area contributed by atoms with Crippen LogP contribution in [0.5, 0.6) is 0 Å². The van der Waals surface area contributed by atoms with E-state index in [1.54, 1.807) is 0 Å². The largest absolute Gasteiger partial charge is 0.148 e. The van der Waals surface area contributed by atoms with Crippen LogP contribution in [0.4, 0.5) is 0 Å². The second kappa shape index (κ2) is 11.9. The molecule has 2 unspecified atom stereocenters. The second-order valence-corrected chi connectivity index (χ2v) is 27.5. The molecule has 1 fully saturated rings. The molecule has 0 aromatic heterocycles. The molecule has 5 rings (SSSR count). The Kier molecular flexibility index (Phi) is 8.94. The van der Waals surface area contributed by atoms with Crippen LogP contribution in [-0.4, -0.2) is 11.9 Å². The molecule has 0 spiro atoms. The van der Waals surface area contributed by atoms with Gasteiger partial charge in [0.05, 0.1) is 5.53 Å². The molecule has 8 heteroatoms. The summed E-state index contributed by atoms with van der Waals surface area (Å²) in [4.78, 5) is 8.02. The van der Waals surface area contributed by atoms with Gasteiger partial charge in [-0.1, -0.05) is 70.9 Å². The van der Waals surface area contributed by atoms with Gasteiger partial charge < -0.3 is 0 Å². The standard InChI is InChI=1S/C26H24P2S6/c29-27-19-20-34(28(30)33-27,25-15-11-23(12-16-25)31-21-7-3-1-4-8-21)26-17-13-24(14-18-26)32-22-9-5-2-6-10-22/h1-18,29-30H,19-20H2. The zero-order valence-corrected chi connectivity index (χ0v) is 25.1. The van der Waals surface area contributed by atoms with Gasteiger partial charge in [0.25, 0.3) is 0 Å². The first kappa shape index (κ1) is 25.5. The van der Waals surface area contributed by atoms with Crippen LogP contribution in [0.1, 0.15) is 0 Å². The zero-order chi connectivity index (χ0) is 23.4. The molecule has 34 heavy (non-hydrogen) atoms. The van der Waals surface area contributed by atoms with Crippen LogP contribution in [0.3, 0.4) is 0 Å². The van der Waals surface area contributed by atoms with Crippen LogP contribution in [0.25, 0.3) is 0 Å². The summed E-state index contributed by atoms with van der Waals surface area (Å²) in [5, 5.41) is 0. The fraction of sp³-hybridized carbons (Fsp3) is 0.0769. The van der Waals surface area contributed by atoms with Crippen LogP contribution < -0.4 is 0 Å². The molecule has 0 nitrogen and oxygen atoms in total. The molecule has 0 radical (unpaired) electrons. The van der Waals surface area contributed by atoms with Gasteiger partial charge in [0.2, 0.25) is 0 Å². The Balaban J connectivity index is 1.45. The maximum absolute atomic E-state index is 5.26. The molecule has 4 aromatic carbocycles. The molecule has 0 bridgehead atoms. The van der Waals surface area contributed by atoms with Crippen molar-refractivity contribution in [3.05, 3.63) is 109 Å². The van der Waals surface area contributed by atoms with E-state index in [0.717, 1.165) is 0 Å². The van der Waals surface area contributed by atoms with Crippen molar-refractivity contribution in [2.75, 3.05) is 11.9 Å². The monoisotopic (exact) mass is 590 g/mol. The quantitative estimate of drug-likeness (QED) is 0.169. The summed E-state index contributed by atoms with van der Waals surface area (Å²) in [5.74, 6) is 1.18. The van der Waals surface area contributed by atoms with Crippen LogP contribution in [0.15, 0.2) is 139 Å². The normalized spacial score (nSPS) is 20.5. The summed E-state index contributed by atoms with van der Waals surface area (Å²) in [7, 11) is -1.21. The van der Waals surface area contributed by atoms with Gasteiger partial charge in [-0.3, -0.25) is 0 Å². The highest BCUT2D eigenvalue weighted by Crippen LogP contribution is 2.98. The highest BCUT2D eigenvalue weighted by molar-refractivity contribution is 9.29. The minimum atomic E-state index is -1.21. The third-order valence-corrected chi connectivity index (χ3v) is 31.1. The zero-order valence-electron chi connectivity index (χ0n) is 18.2. The molecule has 1 aliphatic heterocycles. The van der Waals surface area contributed by atoms with Crippen molar-refractivity contribution in [1.82, 2.24) is 0 Å². The van der Waals surface area contributed by atoms with Gasteiger partial charge in [-0.15, -0.1) is 34.1 Å². The Morgan fingerprint density at radius 3 is 1.41 bits per heavy atom. The van der Waals surface area contributed by atoms with Crippen LogP contribution in [0, 0.1) is 0 Å². The molecule has 174 valence electrons. The third kappa shape index (κ3) is 5.87. The topological polar surface area (TPSA) is 0 Å². The fourth-order valence-corrected chi connectivity index (χ4v) is 35.7. The van der Waals surface area contributed by atoms with Crippen molar-refractivity contribution in [3.63, 3.8) is 0 Å². The fourth-order valence-electron chi connectivity index (χ4n) is 3.73. The van der Waals surface area contributed by atoms with Gasteiger partial charge >= 0.3 is 0 Å². The summed E-state index contributed by atoms with van der Waals surface area (Å²) >= 11 is 15.8. The van der Waals surface area contributed by atoms with E-state index in [9.17, 15) is 0 Å². The van der Waals surface area contributed by atoms with Gasteiger partial charge in [-0.05, 0) is 94.5 Å². The SMILES string of the molecule is SP1CCS(c2ccc(Sc3ccccc3)cc2)(c2ccc(Sc3ccccc3)cc2)P(S)S1. The Labute approximate surface area is 229 Å². The Morgan fingerprint density at radius 1 is 0.588 bits per heavy atom. The molecule has 0 amide bonds. The molecular formula is C26H24P2S6. The van der Waals surface area contributed by atoms with Gasteiger partial charge in [0.15, 0.2) is 0 Å². The average Bonchev–Trinajstić information content (AvgIpc) is 2.87. The Bertz CT molecular complexity index is 1120. The predicted molar refractivity (Wildman–Crippen MR) is 167 cm³/mol. The lowest BCUT2D eigenvalue weighted by atomic mass is 10.4. The second-order valence-electron chi connectivity index (χ2n) is 7.57. The first-order valence-electron chi connectivity index (χ1n) is 10.7. The molecule has 1 saturated heterocycles. The highest BCUT2D eigenvalue weighted by atomic mass is 33.5. The summed E-state index contributed by atoms with van der Waals surface area (Å²) in [5.41, 5.74) is -0.513. The van der Waals surface area contributed by atoms with Gasteiger partial charge in [-0.25, -0.2) is 0 Å². The molecule has 4 aromatic rings. The highest BCUT2D eigenvalue weighted by Gasteiger charge is 2.40. The lowest BCUT2D eigenvalue weighted by Gasteiger charge is -2.48. The molecule has 1 aliphatic rings. The van der Waals surface area contributed by atoms with Crippen molar-refractivity contribution >= 4 is 80.5 Å². The van der Waals surface area contributed by atoms with Gasteiger partial charge in [0, 0.05) is 25.9 Å². The van der Waals surface area contributed by atoms with Crippen LogP contribution in [-0.2, 0) is 0 Å². The first-order chi connectivity index (χ1) is 16.6. The predicted octanol–water partition coefficient (Wildman–Crippen LogP) is 11.4. The number of hydrogen-bond donors (Lipinski definition) is 2. The van der Waals surface area contributed by atoms with Crippen molar-refractivity contribution in [2.45, 2.75) is 29.4 Å². The minimum absolute atomic E-state index is 0.273. The van der Waals surface area contributed by atoms with Crippen molar-refractivity contribution in [3.8, 4) is 0 Å². The summed E-state index contributed by atoms with van der Waals surface area (Å²) in [6.45, 7) is 0. The van der Waals surface area contributed by atoms with E-state index in [2.05, 4.69) is 109 Å². The lowest BCUT2D eigenvalue weighted by molar-refractivity contribution is 1.28. The van der Waals surface area contributed by atoms with Crippen molar-refractivity contribution in [1.29, 1.82) is 0 Å². The molecule has 2 atom stereocenters. The summed E-state index contributed by atoms with van der Waals surface area (Å²) in [6, 6.07) is 39.8. The molecular weight excluding hydrogens is 567 g/mol. The molecule has 1 heterocycles. The summed E-state index contributed by atoms with van der Waals surface area (Å²) in [6.07, 6.45) is 0.906. The Hall–Kier alpha value is -0.160. The number of rotatable bonds is 6. The van der Waals surface area contributed by atoms with E-state index in [-0.39, 0.29) is 6.33 Å². The van der Waals surface area contributed by atoms with E-state index in [1.165, 1.54) is 41.3 Å². The van der Waals surface area contributed by atoms with Gasteiger partial charge in [-0.2, -0.15) is 0 Å². The lowest BCUT2D eigenvalue weighted by Crippen LogP contribution is -2.08. The van der Waals surface area contributed by atoms with E-state index < -0.39 is 15.2 Å².